The number of carbonyl (C=O) groups excluding carboxylic acids is 1. The Kier molecular flexibility index (Phi) is 6.92. The van der Waals surface area contributed by atoms with Gasteiger partial charge in [0.15, 0.2) is 0 Å². The minimum Gasteiger partial charge on any atom is -0.475 e. The van der Waals surface area contributed by atoms with Crippen LogP contribution in [0.3, 0.4) is 0 Å². The Hall–Kier alpha value is -2.97. The summed E-state index contributed by atoms with van der Waals surface area (Å²) in [5.41, 5.74) is 4.15. The van der Waals surface area contributed by atoms with Gasteiger partial charge in [-0.2, -0.15) is 18.4 Å². The van der Waals surface area contributed by atoms with Crippen molar-refractivity contribution < 1.29 is 27.9 Å². The first kappa shape index (κ1) is 22.7. The number of carbonyl (C=O) groups is 2. The number of hydrogen-bond acceptors (Lipinski definition) is 6. The molecule has 4 rings (SSSR count). The molecule has 1 aromatic carbocycles. The van der Waals surface area contributed by atoms with Gasteiger partial charge in [0, 0.05) is 37.1 Å². The predicted octanol–water partition coefficient (Wildman–Crippen LogP) is 3.14. The highest BCUT2D eigenvalue weighted by Gasteiger charge is 2.44. The topological polar surface area (TPSA) is 97.5 Å². The minimum absolute atomic E-state index is 0.0667. The molecule has 1 N–H and O–H groups in total. The zero-order valence-corrected chi connectivity index (χ0v) is 17.1. The Labute approximate surface area is 180 Å². The van der Waals surface area contributed by atoms with Gasteiger partial charge in [-0.15, -0.1) is 11.3 Å². The Balaban J connectivity index is 0.000000339. The molecule has 1 amide bonds. The number of alkyl halides is 3. The van der Waals surface area contributed by atoms with Crippen molar-refractivity contribution in [2.24, 2.45) is 0 Å². The van der Waals surface area contributed by atoms with Crippen LogP contribution in [0.25, 0.3) is 0 Å². The quantitative estimate of drug-likeness (QED) is 0.769. The fraction of sp³-hybridized carbons (Fsp3) is 0.400. The molecule has 2 aromatic rings. The Morgan fingerprint density at radius 1 is 1.26 bits per heavy atom. The summed E-state index contributed by atoms with van der Waals surface area (Å²) in [7, 11) is 0. The monoisotopic (exact) mass is 452 g/mol. The van der Waals surface area contributed by atoms with Crippen LogP contribution < -0.4 is 0 Å². The number of hydrogen-bond donors (Lipinski definition) is 1. The number of halogens is 3. The van der Waals surface area contributed by atoms with E-state index in [0.29, 0.717) is 23.3 Å². The lowest BCUT2D eigenvalue weighted by molar-refractivity contribution is -0.192. The average molecular weight is 452 g/mol. The molecule has 2 saturated heterocycles. The minimum atomic E-state index is -5.08. The van der Waals surface area contributed by atoms with Gasteiger partial charge in [-0.1, -0.05) is 12.1 Å². The molecule has 0 saturated carbocycles. The molecule has 7 nitrogen and oxygen atoms in total. The van der Waals surface area contributed by atoms with Crippen LogP contribution in [-0.2, 0) is 11.3 Å². The summed E-state index contributed by atoms with van der Waals surface area (Å²) in [5.74, 6) is -2.69. The molecule has 0 unspecified atom stereocenters. The molecule has 0 bridgehead atoms. The van der Waals surface area contributed by atoms with Gasteiger partial charge in [-0.05, 0) is 30.5 Å². The first-order chi connectivity index (χ1) is 14.7. The normalized spacial score (nSPS) is 20.5. The molecular formula is C20H19F3N4O3S. The van der Waals surface area contributed by atoms with Gasteiger partial charge >= 0.3 is 12.1 Å². The number of thiazole rings is 1. The van der Waals surface area contributed by atoms with Crippen molar-refractivity contribution in [3.63, 3.8) is 0 Å². The summed E-state index contributed by atoms with van der Waals surface area (Å²) in [6.07, 6.45) is -3.06. The number of amides is 1. The van der Waals surface area contributed by atoms with Crippen LogP contribution >= 0.6 is 11.3 Å². The van der Waals surface area contributed by atoms with Gasteiger partial charge in [0.25, 0.3) is 5.91 Å². The molecule has 0 aliphatic carbocycles. The average Bonchev–Trinajstić information content (AvgIpc) is 3.47. The number of nitriles is 1. The van der Waals surface area contributed by atoms with E-state index in [-0.39, 0.29) is 5.91 Å². The van der Waals surface area contributed by atoms with E-state index in [1.165, 1.54) is 16.9 Å². The van der Waals surface area contributed by atoms with Crippen molar-refractivity contribution in [1.82, 2.24) is 14.8 Å². The second kappa shape index (κ2) is 9.45. The van der Waals surface area contributed by atoms with Gasteiger partial charge in [0.1, 0.15) is 5.69 Å². The lowest BCUT2D eigenvalue weighted by atomic mass is 10.1. The first-order valence-electron chi connectivity index (χ1n) is 9.43. The third kappa shape index (κ3) is 5.39. The largest absolute Gasteiger partial charge is 0.490 e. The van der Waals surface area contributed by atoms with E-state index in [0.717, 1.165) is 32.5 Å². The highest BCUT2D eigenvalue weighted by Crippen LogP contribution is 2.33. The number of benzene rings is 1. The molecule has 2 aliphatic rings. The van der Waals surface area contributed by atoms with Gasteiger partial charge < -0.3 is 10.0 Å². The predicted molar refractivity (Wildman–Crippen MR) is 105 cm³/mol. The SMILES string of the molecule is N#Cc1cccc(CN2CC[C@H]3[C@H]2CCN3C(=O)c2cscn2)c1.O=C(O)C(F)(F)F. The van der Waals surface area contributed by atoms with Crippen LogP contribution in [0.1, 0.15) is 34.5 Å². The van der Waals surface area contributed by atoms with Crippen molar-refractivity contribution in [2.45, 2.75) is 37.6 Å². The van der Waals surface area contributed by atoms with Crippen LogP contribution in [0.4, 0.5) is 13.2 Å². The summed E-state index contributed by atoms with van der Waals surface area (Å²) in [6, 6.07) is 10.7. The maximum absolute atomic E-state index is 12.6. The summed E-state index contributed by atoms with van der Waals surface area (Å²) >= 11 is 1.46. The molecule has 2 fully saturated rings. The number of rotatable bonds is 3. The summed E-state index contributed by atoms with van der Waals surface area (Å²) in [5, 5.41) is 18.0. The maximum atomic E-state index is 12.6. The van der Waals surface area contributed by atoms with Crippen LogP contribution in [0.2, 0.25) is 0 Å². The lowest BCUT2D eigenvalue weighted by Crippen LogP contribution is -2.39. The molecule has 31 heavy (non-hydrogen) atoms. The highest BCUT2D eigenvalue weighted by atomic mass is 32.1. The van der Waals surface area contributed by atoms with Crippen LogP contribution in [-0.4, -0.2) is 63.1 Å². The summed E-state index contributed by atoms with van der Waals surface area (Å²) in [6.45, 7) is 2.64. The number of aliphatic carboxylic acids is 1. The van der Waals surface area contributed by atoms with E-state index in [4.69, 9.17) is 15.2 Å². The molecule has 11 heteroatoms. The second-order valence-corrected chi connectivity index (χ2v) is 7.89. The van der Waals surface area contributed by atoms with Crippen molar-refractivity contribution in [3.8, 4) is 6.07 Å². The van der Waals surface area contributed by atoms with Crippen molar-refractivity contribution in [3.05, 3.63) is 52.0 Å². The van der Waals surface area contributed by atoms with Gasteiger partial charge in [0.05, 0.1) is 17.1 Å². The fourth-order valence-corrected chi connectivity index (χ4v) is 4.49. The van der Waals surface area contributed by atoms with E-state index in [2.05, 4.69) is 22.0 Å². The number of carboxylic acid groups (broad SMARTS) is 1. The number of nitrogens with zero attached hydrogens (tertiary/aromatic N) is 4. The number of carboxylic acids is 1. The Morgan fingerprint density at radius 3 is 2.58 bits per heavy atom. The molecule has 1 aromatic heterocycles. The Morgan fingerprint density at radius 2 is 1.97 bits per heavy atom. The third-order valence-electron chi connectivity index (χ3n) is 5.29. The van der Waals surface area contributed by atoms with Gasteiger partial charge in [-0.3, -0.25) is 9.69 Å². The maximum Gasteiger partial charge on any atom is 0.490 e. The van der Waals surface area contributed by atoms with E-state index in [1.54, 1.807) is 5.51 Å². The van der Waals surface area contributed by atoms with E-state index in [1.807, 2.05) is 28.5 Å². The fourth-order valence-electron chi connectivity index (χ4n) is 3.96. The molecule has 3 heterocycles. The van der Waals surface area contributed by atoms with Crippen LogP contribution in [0, 0.1) is 11.3 Å². The van der Waals surface area contributed by atoms with E-state index < -0.39 is 12.1 Å². The summed E-state index contributed by atoms with van der Waals surface area (Å²) in [4.78, 5) is 30.1. The van der Waals surface area contributed by atoms with Crippen molar-refractivity contribution >= 4 is 23.2 Å². The third-order valence-corrected chi connectivity index (χ3v) is 5.87. The number of aromatic nitrogens is 1. The van der Waals surface area contributed by atoms with Gasteiger partial charge in [-0.25, -0.2) is 9.78 Å². The molecule has 0 radical (unpaired) electrons. The molecule has 164 valence electrons. The van der Waals surface area contributed by atoms with Gasteiger partial charge in [0.2, 0.25) is 0 Å². The molecular weight excluding hydrogens is 433 g/mol. The number of likely N-dealkylation sites (tertiary alicyclic amines) is 2. The molecule has 2 atom stereocenters. The standard InChI is InChI=1S/C18H18N4OS.C2HF3O2/c19-9-13-2-1-3-14(8-13)10-21-6-4-17-16(21)5-7-22(17)18(23)15-11-24-12-20-15;3-2(4,5)1(6)7/h1-3,8,11-12,16-17H,4-7,10H2;(H,6,7)/t16-,17+;/m1./s1. The zero-order valence-electron chi connectivity index (χ0n) is 16.2. The second-order valence-electron chi connectivity index (χ2n) is 7.17. The summed E-state index contributed by atoms with van der Waals surface area (Å²) < 4.78 is 31.7. The molecule has 0 spiro atoms. The van der Waals surface area contributed by atoms with E-state index in [9.17, 15) is 18.0 Å². The van der Waals surface area contributed by atoms with Crippen molar-refractivity contribution in [1.29, 1.82) is 5.26 Å². The van der Waals surface area contributed by atoms with E-state index >= 15 is 0 Å². The lowest BCUT2D eigenvalue weighted by Gasteiger charge is -2.25. The highest BCUT2D eigenvalue weighted by molar-refractivity contribution is 7.07. The molecule has 2 aliphatic heterocycles. The number of fused-ring (bicyclic) bond motifs is 1. The smallest absolute Gasteiger partial charge is 0.475 e. The zero-order chi connectivity index (χ0) is 22.6. The first-order valence-corrected chi connectivity index (χ1v) is 10.4. The van der Waals surface area contributed by atoms with Crippen LogP contribution in [0.5, 0.6) is 0 Å². The Bertz CT molecular complexity index is 975. The van der Waals surface area contributed by atoms with Crippen LogP contribution in [0.15, 0.2) is 35.2 Å². The van der Waals surface area contributed by atoms with Crippen molar-refractivity contribution in [2.75, 3.05) is 13.1 Å².